The minimum atomic E-state index is -4.82. The molecule has 0 radical (unpaired) electrons. The summed E-state index contributed by atoms with van der Waals surface area (Å²) in [6, 6.07) is 7.29. The molecular formula is C17H20ClF3N2O2. The fourth-order valence-corrected chi connectivity index (χ4v) is 3.03. The summed E-state index contributed by atoms with van der Waals surface area (Å²) in [6.45, 7) is 0.561. The van der Waals surface area contributed by atoms with E-state index in [-0.39, 0.29) is 24.9 Å². The van der Waals surface area contributed by atoms with Gasteiger partial charge in [-0.3, -0.25) is 9.59 Å². The van der Waals surface area contributed by atoms with Gasteiger partial charge in [-0.05, 0) is 42.9 Å². The summed E-state index contributed by atoms with van der Waals surface area (Å²) in [5, 5.41) is 3.44. The molecule has 25 heavy (non-hydrogen) atoms. The summed E-state index contributed by atoms with van der Waals surface area (Å²) in [5.41, 5.74) is 0.974. The molecule has 0 saturated carbocycles. The fraction of sp³-hybridized carbons (Fsp3) is 0.529. The lowest BCUT2D eigenvalue weighted by molar-refractivity contribution is -0.186. The van der Waals surface area contributed by atoms with E-state index in [9.17, 15) is 22.8 Å². The molecule has 2 amide bonds. The van der Waals surface area contributed by atoms with Crippen molar-refractivity contribution < 1.29 is 22.8 Å². The van der Waals surface area contributed by atoms with Crippen molar-refractivity contribution >= 4 is 23.4 Å². The number of piperidine rings is 1. The lowest BCUT2D eigenvalue weighted by Crippen LogP contribution is -2.46. The minimum Gasteiger partial charge on any atom is -0.356 e. The molecule has 0 atom stereocenters. The topological polar surface area (TPSA) is 49.4 Å². The number of benzene rings is 1. The monoisotopic (exact) mass is 376 g/mol. The van der Waals surface area contributed by atoms with Gasteiger partial charge in [0.15, 0.2) is 0 Å². The Hall–Kier alpha value is -1.76. The zero-order valence-electron chi connectivity index (χ0n) is 13.6. The Morgan fingerprint density at radius 3 is 2.52 bits per heavy atom. The van der Waals surface area contributed by atoms with E-state index in [1.165, 1.54) is 0 Å². The molecule has 1 aromatic rings. The standard InChI is InChI=1S/C17H20ClF3N2O2/c18-14-3-1-2-12(10-14)4-5-15(24)22-11-13-6-8-23(9-7-13)16(25)17(19,20)21/h1-3,10,13H,4-9,11H2,(H,22,24). The quantitative estimate of drug-likeness (QED) is 0.858. The summed E-state index contributed by atoms with van der Waals surface area (Å²) >= 11 is 5.89. The molecule has 0 bridgehead atoms. The van der Waals surface area contributed by atoms with Gasteiger partial charge in [0.1, 0.15) is 0 Å². The number of likely N-dealkylation sites (tertiary alicyclic amines) is 1. The van der Waals surface area contributed by atoms with Crippen LogP contribution in [0.15, 0.2) is 24.3 Å². The molecule has 1 N–H and O–H groups in total. The van der Waals surface area contributed by atoms with Gasteiger partial charge in [-0.2, -0.15) is 13.2 Å². The lowest BCUT2D eigenvalue weighted by Gasteiger charge is -2.32. The van der Waals surface area contributed by atoms with Crippen LogP contribution in [0, 0.1) is 5.92 Å². The predicted molar refractivity (Wildman–Crippen MR) is 88.1 cm³/mol. The van der Waals surface area contributed by atoms with Crippen LogP contribution in [0.5, 0.6) is 0 Å². The Labute approximate surface area is 149 Å². The van der Waals surface area contributed by atoms with Crippen molar-refractivity contribution in [2.75, 3.05) is 19.6 Å². The highest BCUT2D eigenvalue weighted by Crippen LogP contribution is 2.23. The fourth-order valence-electron chi connectivity index (χ4n) is 2.82. The number of nitrogens with one attached hydrogen (secondary N) is 1. The van der Waals surface area contributed by atoms with Crippen LogP contribution in [0.1, 0.15) is 24.8 Å². The molecule has 8 heteroatoms. The molecule has 0 unspecified atom stereocenters. The number of aryl methyl sites for hydroxylation is 1. The zero-order chi connectivity index (χ0) is 18.4. The van der Waals surface area contributed by atoms with Crippen LogP contribution in [0.3, 0.4) is 0 Å². The predicted octanol–water partition coefficient (Wildman–Crippen LogP) is 3.19. The van der Waals surface area contributed by atoms with Gasteiger partial charge in [-0.25, -0.2) is 0 Å². The number of carbonyl (C=O) groups excluding carboxylic acids is 2. The van der Waals surface area contributed by atoms with E-state index in [0.717, 1.165) is 10.5 Å². The number of amides is 2. The van der Waals surface area contributed by atoms with E-state index in [4.69, 9.17) is 11.6 Å². The molecule has 1 aromatic carbocycles. The molecule has 4 nitrogen and oxygen atoms in total. The summed E-state index contributed by atoms with van der Waals surface area (Å²) < 4.78 is 37.1. The van der Waals surface area contributed by atoms with Gasteiger partial charge in [0.05, 0.1) is 0 Å². The zero-order valence-corrected chi connectivity index (χ0v) is 14.4. The maximum Gasteiger partial charge on any atom is 0.471 e. The summed E-state index contributed by atoms with van der Waals surface area (Å²) in [4.78, 5) is 23.9. The van der Waals surface area contributed by atoms with Crippen LogP contribution in [0.4, 0.5) is 13.2 Å². The number of carbonyl (C=O) groups is 2. The number of alkyl halides is 3. The number of halogens is 4. The third-order valence-electron chi connectivity index (χ3n) is 4.26. The van der Waals surface area contributed by atoms with E-state index in [1.807, 2.05) is 18.2 Å². The van der Waals surface area contributed by atoms with Crippen molar-refractivity contribution in [1.82, 2.24) is 10.2 Å². The highest BCUT2D eigenvalue weighted by Gasteiger charge is 2.43. The van der Waals surface area contributed by atoms with Gasteiger partial charge < -0.3 is 10.2 Å². The molecule has 1 heterocycles. The van der Waals surface area contributed by atoms with Crippen LogP contribution in [-0.4, -0.2) is 42.5 Å². The Morgan fingerprint density at radius 1 is 1.24 bits per heavy atom. The van der Waals surface area contributed by atoms with Crippen LogP contribution < -0.4 is 5.32 Å². The number of hydrogen-bond acceptors (Lipinski definition) is 2. The van der Waals surface area contributed by atoms with Gasteiger partial charge in [-0.1, -0.05) is 23.7 Å². The average Bonchev–Trinajstić information content (AvgIpc) is 2.57. The molecule has 1 fully saturated rings. The molecule has 0 aliphatic carbocycles. The van der Waals surface area contributed by atoms with E-state index in [2.05, 4.69) is 5.32 Å². The van der Waals surface area contributed by atoms with Crippen LogP contribution in [0.2, 0.25) is 5.02 Å². The maximum absolute atomic E-state index is 12.4. The summed E-state index contributed by atoms with van der Waals surface area (Å²) in [7, 11) is 0. The smallest absolute Gasteiger partial charge is 0.356 e. The third kappa shape index (κ3) is 6.23. The van der Waals surface area contributed by atoms with Gasteiger partial charge in [-0.15, -0.1) is 0 Å². The van der Waals surface area contributed by atoms with Gasteiger partial charge in [0.2, 0.25) is 5.91 Å². The Kier molecular flexibility index (Phi) is 6.70. The number of nitrogens with zero attached hydrogens (tertiary/aromatic N) is 1. The minimum absolute atomic E-state index is 0.0708. The molecule has 1 aliphatic heterocycles. The van der Waals surface area contributed by atoms with Crippen molar-refractivity contribution in [3.63, 3.8) is 0 Å². The highest BCUT2D eigenvalue weighted by molar-refractivity contribution is 6.30. The largest absolute Gasteiger partial charge is 0.471 e. The van der Waals surface area contributed by atoms with Crippen LogP contribution in [0.25, 0.3) is 0 Å². The molecule has 1 aliphatic rings. The van der Waals surface area contributed by atoms with Crippen molar-refractivity contribution in [3.05, 3.63) is 34.9 Å². The maximum atomic E-state index is 12.4. The van der Waals surface area contributed by atoms with Crippen LogP contribution >= 0.6 is 11.6 Å². The van der Waals surface area contributed by atoms with Crippen molar-refractivity contribution in [3.8, 4) is 0 Å². The molecule has 138 valence electrons. The lowest BCUT2D eigenvalue weighted by atomic mass is 9.96. The van der Waals surface area contributed by atoms with E-state index in [0.29, 0.717) is 37.3 Å². The number of hydrogen-bond donors (Lipinski definition) is 1. The second-order valence-electron chi connectivity index (χ2n) is 6.17. The summed E-state index contributed by atoms with van der Waals surface area (Å²) in [6.07, 6.45) is -3.01. The first-order chi connectivity index (χ1) is 11.8. The molecule has 1 saturated heterocycles. The second-order valence-corrected chi connectivity index (χ2v) is 6.60. The third-order valence-corrected chi connectivity index (χ3v) is 4.50. The Bertz CT molecular complexity index is 614. The van der Waals surface area contributed by atoms with Crippen molar-refractivity contribution in [1.29, 1.82) is 0 Å². The van der Waals surface area contributed by atoms with E-state index < -0.39 is 12.1 Å². The molecule has 2 rings (SSSR count). The first-order valence-electron chi connectivity index (χ1n) is 8.13. The van der Waals surface area contributed by atoms with E-state index >= 15 is 0 Å². The Morgan fingerprint density at radius 2 is 1.92 bits per heavy atom. The normalized spacial score (nSPS) is 15.9. The Balaban J connectivity index is 1.67. The molecule has 0 spiro atoms. The average molecular weight is 377 g/mol. The van der Waals surface area contributed by atoms with E-state index in [1.54, 1.807) is 6.07 Å². The summed E-state index contributed by atoms with van der Waals surface area (Å²) in [5.74, 6) is -1.79. The first kappa shape index (κ1) is 19.6. The van der Waals surface area contributed by atoms with Crippen LogP contribution in [-0.2, 0) is 16.0 Å². The van der Waals surface area contributed by atoms with Gasteiger partial charge >= 0.3 is 12.1 Å². The van der Waals surface area contributed by atoms with Crippen molar-refractivity contribution in [2.24, 2.45) is 5.92 Å². The molecular weight excluding hydrogens is 357 g/mol. The highest BCUT2D eigenvalue weighted by atomic mass is 35.5. The number of rotatable bonds is 5. The van der Waals surface area contributed by atoms with Gasteiger partial charge in [0, 0.05) is 31.1 Å². The van der Waals surface area contributed by atoms with Gasteiger partial charge in [0.25, 0.3) is 0 Å². The molecule has 0 aromatic heterocycles. The second kappa shape index (κ2) is 8.56. The first-order valence-corrected chi connectivity index (χ1v) is 8.50. The van der Waals surface area contributed by atoms with Crippen molar-refractivity contribution in [2.45, 2.75) is 31.9 Å². The SMILES string of the molecule is O=C(CCc1cccc(Cl)c1)NCC1CCN(C(=O)C(F)(F)F)CC1.